The number of nitrogens with one attached hydrogen (secondary N) is 1. The Morgan fingerprint density at radius 2 is 1.89 bits per heavy atom. The molecule has 0 amide bonds. The van der Waals surface area contributed by atoms with Gasteiger partial charge in [0.15, 0.2) is 11.6 Å². The quantitative estimate of drug-likeness (QED) is 0.566. The molecule has 3 nitrogen and oxygen atoms in total. The molecule has 0 spiro atoms. The molecule has 0 saturated carbocycles. The second-order valence-corrected chi connectivity index (χ2v) is 7.46. The molecule has 2 aromatic carbocycles. The van der Waals surface area contributed by atoms with Crippen molar-refractivity contribution in [3.8, 4) is 5.75 Å². The zero-order valence-electron chi connectivity index (χ0n) is 14.3. The number of piperidine rings is 1. The molecule has 1 fully saturated rings. The van der Waals surface area contributed by atoms with Crippen molar-refractivity contribution in [1.82, 2.24) is 5.32 Å². The van der Waals surface area contributed by atoms with Crippen LogP contribution in [0.4, 0.5) is 8.78 Å². The van der Waals surface area contributed by atoms with Crippen molar-refractivity contribution in [2.24, 2.45) is 0 Å². The number of hydrogen-bond acceptors (Lipinski definition) is 3. The Morgan fingerprint density at radius 1 is 1.11 bits per heavy atom. The summed E-state index contributed by atoms with van der Waals surface area (Å²) in [5.74, 6) is -0.158. The van der Waals surface area contributed by atoms with Crippen LogP contribution in [0.25, 0.3) is 11.0 Å². The molecule has 1 aromatic heterocycles. The van der Waals surface area contributed by atoms with Crippen molar-refractivity contribution in [2.75, 3.05) is 13.1 Å². The van der Waals surface area contributed by atoms with Gasteiger partial charge in [-0.25, -0.2) is 4.39 Å². The molecule has 0 bridgehead atoms. The second-order valence-electron chi connectivity index (χ2n) is 6.62. The van der Waals surface area contributed by atoms with Gasteiger partial charge in [-0.2, -0.15) is 4.39 Å². The van der Waals surface area contributed by atoms with Crippen LogP contribution in [0.1, 0.15) is 29.9 Å². The maximum absolute atomic E-state index is 14.6. The number of hydrogen-bond donors (Lipinski definition) is 1. The summed E-state index contributed by atoms with van der Waals surface area (Å²) in [6.07, 6.45) is 1.76. The van der Waals surface area contributed by atoms with E-state index in [4.69, 9.17) is 32.4 Å². The summed E-state index contributed by atoms with van der Waals surface area (Å²) in [6.45, 7) is 1.75. The summed E-state index contributed by atoms with van der Waals surface area (Å²) in [4.78, 5) is 0. The molecule has 27 heavy (non-hydrogen) atoms. The smallest absolute Gasteiger partial charge is 0.278 e. The summed E-state index contributed by atoms with van der Waals surface area (Å²) in [7, 11) is 0. The number of ether oxygens (including phenoxy) is 1. The topological polar surface area (TPSA) is 34.4 Å². The lowest BCUT2D eigenvalue weighted by molar-refractivity contribution is 0.280. The van der Waals surface area contributed by atoms with E-state index in [1.54, 1.807) is 18.2 Å². The molecule has 1 aliphatic rings. The van der Waals surface area contributed by atoms with E-state index in [1.807, 2.05) is 0 Å². The minimum absolute atomic E-state index is 0.0249. The molecule has 0 unspecified atom stereocenters. The van der Waals surface area contributed by atoms with Crippen molar-refractivity contribution in [3.05, 3.63) is 63.3 Å². The Kier molecular flexibility index (Phi) is 5.26. The van der Waals surface area contributed by atoms with Gasteiger partial charge < -0.3 is 14.5 Å². The molecular weight excluding hydrogens is 395 g/mol. The third-order valence-electron chi connectivity index (χ3n) is 4.87. The minimum atomic E-state index is -0.729. The summed E-state index contributed by atoms with van der Waals surface area (Å²) in [6, 6.07) is 6.83. The molecule has 0 aliphatic carbocycles. The first kappa shape index (κ1) is 18.5. The Morgan fingerprint density at radius 3 is 2.67 bits per heavy atom. The fraction of sp³-hybridized carbons (Fsp3) is 0.300. The lowest BCUT2D eigenvalue weighted by atomic mass is 9.89. The Labute approximate surface area is 165 Å². The Bertz CT molecular complexity index is 984. The fourth-order valence-electron chi connectivity index (χ4n) is 3.55. The maximum atomic E-state index is 14.6. The third kappa shape index (κ3) is 3.77. The fourth-order valence-corrected chi connectivity index (χ4v) is 3.97. The van der Waals surface area contributed by atoms with Gasteiger partial charge in [-0.15, -0.1) is 0 Å². The molecule has 1 N–H and O–H groups in total. The van der Waals surface area contributed by atoms with Gasteiger partial charge >= 0.3 is 0 Å². The van der Waals surface area contributed by atoms with Crippen molar-refractivity contribution in [2.45, 2.75) is 25.4 Å². The van der Waals surface area contributed by atoms with Gasteiger partial charge in [0, 0.05) is 27.6 Å². The number of benzene rings is 2. The van der Waals surface area contributed by atoms with Crippen LogP contribution >= 0.6 is 23.2 Å². The monoisotopic (exact) mass is 411 g/mol. The summed E-state index contributed by atoms with van der Waals surface area (Å²) < 4.78 is 39.1. The molecule has 0 atom stereocenters. The van der Waals surface area contributed by atoms with Gasteiger partial charge in [-0.05, 0) is 50.0 Å². The molecule has 1 saturated heterocycles. The van der Waals surface area contributed by atoms with E-state index in [2.05, 4.69) is 5.32 Å². The Balaban J connectivity index is 1.66. The average Bonchev–Trinajstić information content (AvgIpc) is 3.05. The lowest BCUT2D eigenvalue weighted by Crippen LogP contribution is -2.27. The van der Waals surface area contributed by atoms with Crippen molar-refractivity contribution < 1.29 is 17.9 Å². The van der Waals surface area contributed by atoms with E-state index in [1.165, 1.54) is 12.1 Å². The molecule has 2 heterocycles. The first-order chi connectivity index (χ1) is 13.0. The minimum Gasteiger partial charge on any atom is -0.485 e. The van der Waals surface area contributed by atoms with Crippen LogP contribution in [0.3, 0.4) is 0 Å². The van der Waals surface area contributed by atoms with Crippen molar-refractivity contribution >= 4 is 34.2 Å². The number of fused-ring (bicyclic) bond motifs is 1. The van der Waals surface area contributed by atoms with E-state index in [9.17, 15) is 8.78 Å². The predicted molar refractivity (Wildman–Crippen MR) is 102 cm³/mol. The van der Waals surface area contributed by atoms with E-state index in [0.29, 0.717) is 26.6 Å². The van der Waals surface area contributed by atoms with Gasteiger partial charge in [-0.3, -0.25) is 0 Å². The van der Waals surface area contributed by atoms with Crippen LogP contribution in [0.5, 0.6) is 5.75 Å². The molecular formula is C20H17Cl2F2NO2. The van der Waals surface area contributed by atoms with Gasteiger partial charge in [-0.1, -0.05) is 29.3 Å². The number of rotatable bonds is 4. The van der Waals surface area contributed by atoms with E-state index in [-0.39, 0.29) is 18.3 Å². The molecule has 7 heteroatoms. The highest BCUT2D eigenvalue weighted by atomic mass is 35.5. The van der Waals surface area contributed by atoms with E-state index in [0.717, 1.165) is 31.5 Å². The first-order valence-corrected chi connectivity index (χ1v) is 9.47. The number of halogens is 4. The van der Waals surface area contributed by atoms with E-state index < -0.39 is 11.8 Å². The molecule has 0 radical (unpaired) electrons. The summed E-state index contributed by atoms with van der Waals surface area (Å²) in [5.41, 5.74) is 1.65. The van der Waals surface area contributed by atoms with Crippen LogP contribution in [0.2, 0.25) is 10.0 Å². The van der Waals surface area contributed by atoms with Gasteiger partial charge in [0.2, 0.25) is 0 Å². The standard InChI is InChI=1S/C20H17Cl2F2NO2/c21-13-7-14(11-3-5-25-6-4-11)20(17(23)8-13)26-10-12-1-2-16(22)15-9-18(24)27-19(12)15/h1-2,7-9,11,25H,3-6,10H2. The zero-order valence-corrected chi connectivity index (χ0v) is 15.8. The largest absolute Gasteiger partial charge is 0.485 e. The SMILES string of the molecule is Fc1cc2c(Cl)ccc(COc3c(F)cc(Cl)cc3C3CCNCC3)c2o1. The summed E-state index contributed by atoms with van der Waals surface area (Å²) >= 11 is 12.2. The van der Waals surface area contributed by atoms with Crippen LogP contribution < -0.4 is 10.1 Å². The Hall–Kier alpha value is -1.82. The van der Waals surface area contributed by atoms with Gasteiger partial charge in [0.05, 0.1) is 5.02 Å². The lowest BCUT2D eigenvalue weighted by Gasteiger charge is -2.25. The molecule has 3 aromatic rings. The maximum Gasteiger partial charge on any atom is 0.278 e. The highest BCUT2D eigenvalue weighted by molar-refractivity contribution is 6.35. The van der Waals surface area contributed by atoms with Gasteiger partial charge in [0.25, 0.3) is 6.01 Å². The highest BCUT2D eigenvalue weighted by Crippen LogP contribution is 2.38. The van der Waals surface area contributed by atoms with Crippen molar-refractivity contribution in [3.63, 3.8) is 0 Å². The third-order valence-corrected chi connectivity index (χ3v) is 5.42. The highest BCUT2D eigenvalue weighted by Gasteiger charge is 2.23. The average molecular weight is 412 g/mol. The normalized spacial score (nSPS) is 15.4. The second kappa shape index (κ2) is 7.66. The van der Waals surface area contributed by atoms with Crippen LogP contribution in [0, 0.1) is 11.8 Å². The summed E-state index contributed by atoms with van der Waals surface area (Å²) in [5, 5.41) is 4.48. The van der Waals surface area contributed by atoms with E-state index >= 15 is 0 Å². The van der Waals surface area contributed by atoms with Crippen LogP contribution in [-0.2, 0) is 6.61 Å². The van der Waals surface area contributed by atoms with Crippen LogP contribution in [0.15, 0.2) is 34.7 Å². The first-order valence-electron chi connectivity index (χ1n) is 8.72. The van der Waals surface area contributed by atoms with Gasteiger partial charge in [0.1, 0.15) is 12.2 Å². The van der Waals surface area contributed by atoms with Crippen LogP contribution in [-0.4, -0.2) is 13.1 Å². The zero-order chi connectivity index (χ0) is 19.0. The van der Waals surface area contributed by atoms with Crippen molar-refractivity contribution in [1.29, 1.82) is 0 Å². The predicted octanol–water partition coefficient (Wildman–Crippen LogP) is 6.06. The molecule has 4 rings (SSSR count). The number of furan rings is 1. The molecule has 142 valence electrons. The molecule has 1 aliphatic heterocycles.